The zero-order chi connectivity index (χ0) is 21.0. The topological polar surface area (TPSA) is 93.2 Å². The Kier molecular flexibility index (Phi) is 5.71. The van der Waals surface area contributed by atoms with E-state index in [9.17, 15) is 27.6 Å². The monoisotopic (exact) mass is 407 g/mol. The molecule has 1 aromatic heterocycles. The molecule has 10 heteroatoms. The van der Waals surface area contributed by atoms with Crippen molar-refractivity contribution in [2.45, 2.75) is 19.1 Å². The number of halogens is 3. The summed E-state index contributed by atoms with van der Waals surface area (Å²) < 4.78 is 42.3. The Morgan fingerprint density at radius 1 is 1.07 bits per heavy atom. The zero-order valence-electron chi connectivity index (χ0n) is 15.0. The summed E-state index contributed by atoms with van der Waals surface area (Å²) in [7, 11) is 0. The van der Waals surface area contributed by atoms with Gasteiger partial charge in [-0.05, 0) is 36.4 Å². The minimum Gasteiger partial charge on any atom is -0.484 e. The van der Waals surface area contributed by atoms with Crippen LogP contribution in [0.4, 0.5) is 18.9 Å². The molecule has 3 aromatic rings. The van der Waals surface area contributed by atoms with Crippen LogP contribution in [0.15, 0.2) is 58.1 Å². The fourth-order valence-corrected chi connectivity index (χ4v) is 2.70. The maximum absolute atomic E-state index is 12.2. The largest absolute Gasteiger partial charge is 0.484 e. The van der Waals surface area contributed by atoms with E-state index in [0.717, 1.165) is 0 Å². The van der Waals surface area contributed by atoms with E-state index in [-0.39, 0.29) is 18.7 Å². The lowest BCUT2D eigenvalue weighted by Crippen LogP contribution is -2.31. The Balaban J connectivity index is 1.63. The second-order valence-corrected chi connectivity index (χ2v) is 6.15. The molecular formula is C19H16F3N3O4. The highest BCUT2D eigenvalue weighted by atomic mass is 19.4. The number of amides is 1. The van der Waals surface area contributed by atoms with E-state index in [1.165, 1.54) is 28.8 Å². The minimum absolute atomic E-state index is 0.0200. The van der Waals surface area contributed by atoms with Crippen LogP contribution in [0.2, 0.25) is 0 Å². The molecule has 29 heavy (non-hydrogen) atoms. The Morgan fingerprint density at radius 3 is 2.45 bits per heavy atom. The fraction of sp³-hybridized carbons (Fsp3) is 0.211. The number of nitrogens with zero attached hydrogens (tertiary/aromatic N) is 1. The minimum atomic E-state index is -4.43. The molecule has 152 valence electrons. The van der Waals surface area contributed by atoms with Gasteiger partial charge in [0, 0.05) is 18.7 Å². The molecule has 0 aliphatic rings. The van der Waals surface area contributed by atoms with Crippen molar-refractivity contribution in [1.82, 2.24) is 9.55 Å². The SMILES string of the molecule is O=C(CCn1c(=O)[nH]c(=O)c2ccccc21)Nc1ccc(OCC(F)(F)F)cc1. The number of hydrogen-bond acceptors (Lipinski definition) is 4. The number of fused-ring (bicyclic) bond motifs is 1. The first-order chi connectivity index (χ1) is 13.7. The molecule has 0 aliphatic carbocycles. The third-order valence-electron chi connectivity index (χ3n) is 4.01. The summed E-state index contributed by atoms with van der Waals surface area (Å²) in [6, 6.07) is 12.0. The second-order valence-electron chi connectivity index (χ2n) is 6.15. The number of para-hydroxylation sites is 1. The molecule has 0 saturated carbocycles. The van der Waals surface area contributed by atoms with Crippen LogP contribution < -0.4 is 21.3 Å². The summed E-state index contributed by atoms with van der Waals surface area (Å²) in [5.74, 6) is -0.386. The van der Waals surface area contributed by atoms with Crippen molar-refractivity contribution in [1.29, 1.82) is 0 Å². The zero-order valence-corrected chi connectivity index (χ0v) is 15.0. The fourth-order valence-electron chi connectivity index (χ4n) is 2.70. The number of carbonyl (C=O) groups excluding carboxylic acids is 1. The summed E-state index contributed by atoms with van der Waals surface area (Å²) in [6.07, 6.45) is -4.49. The molecule has 1 amide bonds. The molecule has 3 rings (SSSR count). The summed E-state index contributed by atoms with van der Waals surface area (Å²) >= 11 is 0. The van der Waals surface area contributed by atoms with Gasteiger partial charge >= 0.3 is 11.9 Å². The van der Waals surface area contributed by atoms with Gasteiger partial charge in [0.25, 0.3) is 5.56 Å². The van der Waals surface area contributed by atoms with Crippen molar-refractivity contribution in [2.75, 3.05) is 11.9 Å². The predicted octanol–water partition coefficient (Wildman–Crippen LogP) is 2.66. The molecule has 0 bridgehead atoms. The molecule has 2 N–H and O–H groups in total. The van der Waals surface area contributed by atoms with Gasteiger partial charge < -0.3 is 10.1 Å². The van der Waals surface area contributed by atoms with Crippen molar-refractivity contribution in [3.05, 3.63) is 69.4 Å². The highest BCUT2D eigenvalue weighted by Crippen LogP contribution is 2.20. The van der Waals surface area contributed by atoms with E-state index in [2.05, 4.69) is 15.0 Å². The van der Waals surface area contributed by atoms with Crippen LogP contribution in [-0.2, 0) is 11.3 Å². The van der Waals surface area contributed by atoms with E-state index in [4.69, 9.17) is 0 Å². The molecule has 0 unspecified atom stereocenters. The Bertz CT molecular complexity index is 1130. The van der Waals surface area contributed by atoms with Crippen LogP contribution in [0.1, 0.15) is 6.42 Å². The van der Waals surface area contributed by atoms with Gasteiger partial charge in [0.2, 0.25) is 5.91 Å². The van der Waals surface area contributed by atoms with Crippen LogP contribution >= 0.6 is 0 Å². The Hall–Kier alpha value is -3.56. The lowest BCUT2D eigenvalue weighted by molar-refractivity contribution is -0.153. The first-order valence-corrected chi connectivity index (χ1v) is 8.54. The number of hydrogen-bond donors (Lipinski definition) is 2. The highest BCUT2D eigenvalue weighted by molar-refractivity contribution is 5.90. The predicted molar refractivity (Wildman–Crippen MR) is 100 cm³/mol. The Morgan fingerprint density at radius 2 is 1.76 bits per heavy atom. The summed E-state index contributed by atoms with van der Waals surface area (Å²) in [6.45, 7) is -1.37. The first kappa shape index (κ1) is 20.2. The molecule has 0 fully saturated rings. The summed E-state index contributed by atoms with van der Waals surface area (Å²) in [5.41, 5.74) is -0.333. The summed E-state index contributed by atoms with van der Waals surface area (Å²) in [4.78, 5) is 38.3. The second kappa shape index (κ2) is 8.21. The molecule has 1 heterocycles. The molecule has 0 radical (unpaired) electrons. The van der Waals surface area contributed by atoms with Gasteiger partial charge in [0.1, 0.15) is 5.75 Å². The third kappa shape index (κ3) is 5.24. The quantitative estimate of drug-likeness (QED) is 0.657. The number of H-pyrrole nitrogens is 1. The van der Waals surface area contributed by atoms with Gasteiger partial charge in [0.15, 0.2) is 6.61 Å². The van der Waals surface area contributed by atoms with E-state index in [1.807, 2.05) is 0 Å². The number of aryl methyl sites for hydroxylation is 1. The van der Waals surface area contributed by atoms with Crippen LogP contribution in [0, 0.1) is 0 Å². The molecule has 0 spiro atoms. The molecule has 0 aliphatic heterocycles. The van der Waals surface area contributed by atoms with Crippen molar-refractivity contribution in [2.24, 2.45) is 0 Å². The van der Waals surface area contributed by atoms with Crippen molar-refractivity contribution in [3.8, 4) is 5.75 Å². The molecular weight excluding hydrogens is 391 g/mol. The molecule has 0 saturated heterocycles. The standard InChI is InChI=1S/C19H16F3N3O4/c20-19(21,22)11-29-13-7-5-12(6-8-13)23-16(26)9-10-25-15-4-2-1-3-14(15)17(27)24-18(25)28/h1-8H,9-11H2,(H,23,26)(H,24,27,28). The van der Waals surface area contributed by atoms with Gasteiger partial charge in [0.05, 0.1) is 10.9 Å². The maximum atomic E-state index is 12.2. The number of nitrogens with one attached hydrogen (secondary N) is 2. The van der Waals surface area contributed by atoms with Crippen molar-refractivity contribution in [3.63, 3.8) is 0 Å². The van der Waals surface area contributed by atoms with Gasteiger partial charge in [-0.25, -0.2) is 4.79 Å². The first-order valence-electron chi connectivity index (χ1n) is 8.54. The summed E-state index contributed by atoms with van der Waals surface area (Å²) in [5, 5.41) is 2.92. The number of carbonyl (C=O) groups is 1. The van der Waals surface area contributed by atoms with E-state index in [0.29, 0.717) is 16.6 Å². The number of ether oxygens (including phenoxy) is 1. The van der Waals surface area contributed by atoms with E-state index in [1.54, 1.807) is 24.3 Å². The average Bonchev–Trinajstić information content (AvgIpc) is 2.66. The number of anilines is 1. The normalized spacial score (nSPS) is 11.4. The smallest absolute Gasteiger partial charge is 0.422 e. The Labute approximate surface area is 161 Å². The maximum Gasteiger partial charge on any atom is 0.422 e. The molecule has 0 atom stereocenters. The van der Waals surface area contributed by atoms with Gasteiger partial charge in [-0.15, -0.1) is 0 Å². The average molecular weight is 407 g/mol. The van der Waals surface area contributed by atoms with Crippen LogP contribution in [0.3, 0.4) is 0 Å². The van der Waals surface area contributed by atoms with Crippen molar-refractivity contribution < 1.29 is 22.7 Å². The van der Waals surface area contributed by atoms with E-state index >= 15 is 0 Å². The number of rotatable bonds is 6. The molecule has 2 aromatic carbocycles. The van der Waals surface area contributed by atoms with Crippen LogP contribution in [0.25, 0.3) is 10.9 Å². The number of aromatic amines is 1. The van der Waals surface area contributed by atoms with Crippen LogP contribution in [0.5, 0.6) is 5.75 Å². The van der Waals surface area contributed by atoms with Crippen molar-refractivity contribution >= 4 is 22.5 Å². The lowest BCUT2D eigenvalue weighted by atomic mass is 10.2. The molecule has 7 nitrogen and oxygen atoms in total. The lowest BCUT2D eigenvalue weighted by Gasteiger charge is -2.11. The number of alkyl halides is 3. The highest BCUT2D eigenvalue weighted by Gasteiger charge is 2.28. The number of benzene rings is 2. The third-order valence-corrected chi connectivity index (χ3v) is 4.01. The van der Waals surface area contributed by atoms with Gasteiger partial charge in [-0.1, -0.05) is 12.1 Å². The van der Waals surface area contributed by atoms with E-state index < -0.39 is 29.9 Å². The van der Waals surface area contributed by atoms with Gasteiger partial charge in [-0.2, -0.15) is 13.2 Å². The number of aromatic nitrogens is 2. The van der Waals surface area contributed by atoms with Crippen LogP contribution in [-0.4, -0.2) is 28.2 Å². The van der Waals surface area contributed by atoms with Gasteiger partial charge in [-0.3, -0.25) is 19.1 Å².